The van der Waals surface area contributed by atoms with Gasteiger partial charge in [0, 0.05) is 18.3 Å². The van der Waals surface area contributed by atoms with Crippen molar-refractivity contribution in [3.63, 3.8) is 0 Å². The SMILES string of the molecule is CC(C)CNc1ncccc1C(=O)c1cccc(OC(C)C)c1. The molecule has 4 heteroatoms. The number of nitrogens with one attached hydrogen (secondary N) is 1. The van der Waals surface area contributed by atoms with Crippen molar-refractivity contribution in [2.75, 3.05) is 11.9 Å². The maximum absolute atomic E-state index is 12.8. The predicted octanol–water partition coefficient (Wildman–Crippen LogP) is 4.17. The Kier molecular flexibility index (Phi) is 5.74. The van der Waals surface area contributed by atoms with Crippen LogP contribution in [0.25, 0.3) is 0 Å². The van der Waals surface area contributed by atoms with Crippen LogP contribution in [0, 0.1) is 5.92 Å². The molecule has 23 heavy (non-hydrogen) atoms. The predicted molar refractivity (Wildman–Crippen MR) is 93.2 cm³/mol. The molecule has 1 N–H and O–H groups in total. The molecule has 0 saturated carbocycles. The van der Waals surface area contributed by atoms with Crippen LogP contribution in [0.5, 0.6) is 5.75 Å². The monoisotopic (exact) mass is 312 g/mol. The van der Waals surface area contributed by atoms with Crippen LogP contribution in [0.4, 0.5) is 5.82 Å². The fourth-order valence-electron chi connectivity index (χ4n) is 2.17. The fraction of sp³-hybridized carbons (Fsp3) is 0.368. The van der Waals surface area contributed by atoms with Crippen molar-refractivity contribution in [2.24, 2.45) is 5.92 Å². The average molecular weight is 312 g/mol. The minimum Gasteiger partial charge on any atom is -0.491 e. The quantitative estimate of drug-likeness (QED) is 0.780. The number of hydrogen-bond donors (Lipinski definition) is 1. The number of anilines is 1. The number of ketones is 1. The zero-order chi connectivity index (χ0) is 16.8. The Labute approximate surface area is 137 Å². The molecule has 0 radical (unpaired) electrons. The van der Waals surface area contributed by atoms with Gasteiger partial charge in [0.1, 0.15) is 11.6 Å². The minimum atomic E-state index is -0.0569. The second-order valence-electron chi connectivity index (χ2n) is 6.20. The van der Waals surface area contributed by atoms with E-state index in [1.54, 1.807) is 30.5 Å². The molecule has 0 spiro atoms. The van der Waals surface area contributed by atoms with Gasteiger partial charge in [-0.2, -0.15) is 0 Å². The Morgan fingerprint density at radius 1 is 1.17 bits per heavy atom. The molecule has 0 aliphatic carbocycles. The lowest BCUT2D eigenvalue weighted by Crippen LogP contribution is -2.14. The number of benzene rings is 1. The molecule has 1 aromatic heterocycles. The van der Waals surface area contributed by atoms with Crippen LogP contribution < -0.4 is 10.1 Å². The van der Waals surface area contributed by atoms with Crippen LogP contribution in [0.3, 0.4) is 0 Å². The summed E-state index contributed by atoms with van der Waals surface area (Å²) in [5, 5.41) is 3.25. The highest BCUT2D eigenvalue weighted by Crippen LogP contribution is 2.21. The van der Waals surface area contributed by atoms with Crippen molar-refractivity contribution < 1.29 is 9.53 Å². The zero-order valence-corrected chi connectivity index (χ0v) is 14.2. The Morgan fingerprint density at radius 2 is 1.96 bits per heavy atom. The smallest absolute Gasteiger partial charge is 0.196 e. The first-order valence-corrected chi connectivity index (χ1v) is 7.97. The molecule has 0 aliphatic rings. The minimum absolute atomic E-state index is 0.0569. The number of aromatic nitrogens is 1. The van der Waals surface area contributed by atoms with E-state index in [0.29, 0.717) is 28.6 Å². The van der Waals surface area contributed by atoms with Crippen molar-refractivity contribution in [3.05, 3.63) is 53.7 Å². The summed E-state index contributed by atoms with van der Waals surface area (Å²) < 4.78 is 5.67. The molecule has 0 aliphatic heterocycles. The third-order valence-electron chi connectivity index (χ3n) is 3.20. The van der Waals surface area contributed by atoms with E-state index < -0.39 is 0 Å². The van der Waals surface area contributed by atoms with Gasteiger partial charge in [-0.15, -0.1) is 0 Å². The summed E-state index contributed by atoms with van der Waals surface area (Å²) in [5.74, 6) is 1.74. The first-order valence-electron chi connectivity index (χ1n) is 7.97. The Hall–Kier alpha value is -2.36. The molecule has 0 amide bonds. The van der Waals surface area contributed by atoms with Crippen LogP contribution in [0.1, 0.15) is 43.6 Å². The van der Waals surface area contributed by atoms with Gasteiger partial charge in [0.05, 0.1) is 11.7 Å². The summed E-state index contributed by atoms with van der Waals surface area (Å²) in [7, 11) is 0. The molecular formula is C19H24N2O2. The topological polar surface area (TPSA) is 51.2 Å². The highest BCUT2D eigenvalue weighted by molar-refractivity contribution is 6.12. The third kappa shape index (κ3) is 4.81. The first-order chi connectivity index (χ1) is 11.0. The zero-order valence-electron chi connectivity index (χ0n) is 14.2. The lowest BCUT2D eigenvalue weighted by atomic mass is 10.0. The van der Waals surface area contributed by atoms with E-state index in [-0.39, 0.29) is 11.9 Å². The van der Waals surface area contributed by atoms with Crippen molar-refractivity contribution in [2.45, 2.75) is 33.8 Å². The standard InChI is InChI=1S/C19H24N2O2/c1-13(2)12-21-19-17(9-6-10-20-19)18(22)15-7-5-8-16(11-15)23-14(3)4/h5-11,13-14H,12H2,1-4H3,(H,20,21). The lowest BCUT2D eigenvalue weighted by Gasteiger charge is -2.13. The maximum Gasteiger partial charge on any atom is 0.196 e. The Bertz CT molecular complexity index is 666. The summed E-state index contributed by atoms with van der Waals surface area (Å²) in [6.07, 6.45) is 1.76. The number of pyridine rings is 1. The van der Waals surface area contributed by atoms with Gasteiger partial charge in [0.25, 0.3) is 0 Å². The van der Waals surface area contributed by atoms with E-state index in [9.17, 15) is 4.79 Å². The van der Waals surface area contributed by atoms with Gasteiger partial charge in [-0.3, -0.25) is 4.79 Å². The number of nitrogens with zero attached hydrogens (tertiary/aromatic N) is 1. The molecule has 1 aromatic carbocycles. The summed E-state index contributed by atoms with van der Waals surface area (Å²) in [4.78, 5) is 17.1. The summed E-state index contributed by atoms with van der Waals surface area (Å²) in [5.41, 5.74) is 1.18. The first kappa shape index (κ1) is 17.0. The molecule has 0 fully saturated rings. The van der Waals surface area contributed by atoms with Crippen molar-refractivity contribution in [3.8, 4) is 5.75 Å². The highest BCUT2D eigenvalue weighted by Gasteiger charge is 2.15. The van der Waals surface area contributed by atoms with Crippen LogP contribution in [-0.4, -0.2) is 23.4 Å². The van der Waals surface area contributed by atoms with E-state index in [4.69, 9.17) is 4.74 Å². The molecule has 2 rings (SSSR count). The van der Waals surface area contributed by atoms with Gasteiger partial charge < -0.3 is 10.1 Å². The highest BCUT2D eigenvalue weighted by atomic mass is 16.5. The largest absolute Gasteiger partial charge is 0.491 e. The number of hydrogen-bond acceptors (Lipinski definition) is 4. The molecule has 0 atom stereocenters. The van der Waals surface area contributed by atoms with Gasteiger partial charge >= 0.3 is 0 Å². The van der Waals surface area contributed by atoms with Crippen molar-refractivity contribution >= 4 is 11.6 Å². The van der Waals surface area contributed by atoms with Gasteiger partial charge in [-0.1, -0.05) is 26.0 Å². The lowest BCUT2D eigenvalue weighted by molar-refractivity contribution is 0.103. The fourth-order valence-corrected chi connectivity index (χ4v) is 2.17. The molecule has 4 nitrogen and oxygen atoms in total. The maximum atomic E-state index is 12.8. The van der Waals surface area contributed by atoms with Gasteiger partial charge in [0.15, 0.2) is 5.78 Å². The van der Waals surface area contributed by atoms with Crippen LogP contribution >= 0.6 is 0 Å². The van der Waals surface area contributed by atoms with Gasteiger partial charge in [0.2, 0.25) is 0 Å². The summed E-state index contributed by atoms with van der Waals surface area (Å²) in [6, 6.07) is 10.9. The molecule has 0 saturated heterocycles. The van der Waals surface area contributed by atoms with E-state index in [1.165, 1.54) is 0 Å². The van der Waals surface area contributed by atoms with Crippen LogP contribution in [0.2, 0.25) is 0 Å². The number of ether oxygens (including phenoxy) is 1. The van der Waals surface area contributed by atoms with Gasteiger partial charge in [-0.05, 0) is 44.0 Å². The average Bonchev–Trinajstić information content (AvgIpc) is 2.52. The Balaban J connectivity index is 2.26. The van der Waals surface area contributed by atoms with Crippen LogP contribution in [-0.2, 0) is 0 Å². The molecular weight excluding hydrogens is 288 g/mol. The molecule has 0 bridgehead atoms. The second kappa shape index (κ2) is 7.77. The molecule has 2 aromatic rings. The van der Waals surface area contributed by atoms with Crippen molar-refractivity contribution in [1.82, 2.24) is 4.98 Å². The van der Waals surface area contributed by atoms with E-state index >= 15 is 0 Å². The summed E-state index contributed by atoms with van der Waals surface area (Å²) >= 11 is 0. The Morgan fingerprint density at radius 3 is 2.65 bits per heavy atom. The number of rotatable bonds is 7. The van der Waals surface area contributed by atoms with Crippen molar-refractivity contribution in [1.29, 1.82) is 0 Å². The van der Waals surface area contributed by atoms with E-state index in [2.05, 4.69) is 24.1 Å². The molecule has 1 heterocycles. The van der Waals surface area contributed by atoms with E-state index in [1.807, 2.05) is 26.0 Å². The number of carbonyl (C=O) groups excluding carboxylic acids is 1. The number of carbonyl (C=O) groups is 1. The van der Waals surface area contributed by atoms with Gasteiger partial charge in [-0.25, -0.2) is 4.98 Å². The molecule has 122 valence electrons. The molecule has 0 unspecified atom stereocenters. The normalized spacial score (nSPS) is 10.9. The summed E-state index contributed by atoms with van der Waals surface area (Å²) in [6.45, 7) is 8.93. The van der Waals surface area contributed by atoms with Crippen LogP contribution in [0.15, 0.2) is 42.6 Å². The third-order valence-corrected chi connectivity index (χ3v) is 3.20. The second-order valence-corrected chi connectivity index (χ2v) is 6.20. The van der Waals surface area contributed by atoms with E-state index in [0.717, 1.165) is 6.54 Å².